The molecular weight excluding hydrogens is 336 g/mol. The Morgan fingerprint density at radius 2 is 2.12 bits per heavy atom. The number of nitrogens with zero attached hydrogens (tertiary/aromatic N) is 4. The number of methoxy groups -OCH3 is 1. The van der Waals surface area contributed by atoms with Crippen molar-refractivity contribution in [2.45, 2.75) is 13.1 Å². The average molecular weight is 360 g/mol. The summed E-state index contributed by atoms with van der Waals surface area (Å²) < 4.78 is 5.25. The first-order valence-corrected chi connectivity index (χ1v) is 9.12. The van der Waals surface area contributed by atoms with E-state index in [2.05, 4.69) is 9.88 Å². The van der Waals surface area contributed by atoms with Crippen LogP contribution in [0.3, 0.4) is 0 Å². The van der Waals surface area contributed by atoms with Crippen molar-refractivity contribution in [2.75, 3.05) is 45.7 Å². The molecule has 1 fully saturated rings. The number of amides is 1. The predicted octanol–water partition coefficient (Wildman–Crippen LogP) is 2.06. The summed E-state index contributed by atoms with van der Waals surface area (Å²) in [6.45, 7) is 3.50. The molecule has 0 radical (unpaired) electrons. The quantitative estimate of drug-likeness (QED) is 0.789. The molecule has 0 spiro atoms. The molecule has 1 saturated heterocycles. The number of thiazole rings is 1. The van der Waals surface area contributed by atoms with E-state index >= 15 is 0 Å². The minimum absolute atomic E-state index is 0.173. The van der Waals surface area contributed by atoms with Gasteiger partial charge in [0.05, 0.1) is 13.7 Å². The van der Waals surface area contributed by atoms with E-state index in [1.807, 2.05) is 54.4 Å². The van der Waals surface area contributed by atoms with Crippen LogP contribution in [0.4, 0.5) is 5.13 Å². The fraction of sp³-hybridized carbons (Fsp3) is 0.444. The van der Waals surface area contributed by atoms with Gasteiger partial charge in [-0.3, -0.25) is 9.69 Å². The van der Waals surface area contributed by atoms with Gasteiger partial charge in [-0.25, -0.2) is 4.98 Å². The molecule has 2 heterocycles. The van der Waals surface area contributed by atoms with Gasteiger partial charge in [0.25, 0.3) is 0 Å². The fourth-order valence-electron chi connectivity index (χ4n) is 2.85. The molecule has 6 nitrogen and oxygen atoms in total. The standard InChI is InChI=1S/C18H24N4O2S/c1-20(2)18-19-10-16(25-18)12-21-7-8-22(17(23)13-21)11-14-5-4-6-15(9-14)24-3/h4-6,9-10H,7-8,11-13H2,1-3H3. The lowest BCUT2D eigenvalue weighted by molar-refractivity contribution is -0.136. The third-order valence-electron chi connectivity index (χ3n) is 4.21. The maximum atomic E-state index is 12.5. The van der Waals surface area contributed by atoms with Gasteiger partial charge in [0.15, 0.2) is 5.13 Å². The second kappa shape index (κ2) is 7.84. The zero-order chi connectivity index (χ0) is 17.8. The van der Waals surface area contributed by atoms with Crippen LogP contribution in [0.25, 0.3) is 0 Å². The third-order valence-corrected chi connectivity index (χ3v) is 5.36. The van der Waals surface area contributed by atoms with Crippen molar-refractivity contribution in [3.8, 4) is 5.75 Å². The van der Waals surface area contributed by atoms with Gasteiger partial charge in [-0.2, -0.15) is 0 Å². The maximum absolute atomic E-state index is 12.5. The van der Waals surface area contributed by atoms with Gasteiger partial charge in [-0.1, -0.05) is 12.1 Å². The van der Waals surface area contributed by atoms with Gasteiger partial charge in [0.1, 0.15) is 5.75 Å². The summed E-state index contributed by atoms with van der Waals surface area (Å²) in [5, 5.41) is 0.998. The first kappa shape index (κ1) is 17.7. The number of aromatic nitrogens is 1. The van der Waals surface area contributed by atoms with Gasteiger partial charge in [0.2, 0.25) is 5.91 Å². The summed E-state index contributed by atoms with van der Waals surface area (Å²) in [6, 6.07) is 7.89. The summed E-state index contributed by atoms with van der Waals surface area (Å²) in [4.78, 5) is 24.2. The van der Waals surface area contributed by atoms with Crippen molar-refractivity contribution in [1.82, 2.24) is 14.8 Å². The van der Waals surface area contributed by atoms with Crippen LogP contribution in [0.1, 0.15) is 10.4 Å². The van der Waals surface area contributed by atoms with Crippen LogP contribution in [-0.2, 0) is 17.9 Å². The molecule has 0 bridgehead atoms. The minimum atomic E-state index is 0.173. The van der Waals surface area contributed by atoms with E-state index in [0.717, 1.165) is 36.1 Å². The molecule has 134 valence electrons. The molecule has 0 aliphatic carbocycles. The van der Waals surface area contributed by atoms with Crippen LogP contribution >= 0.6 is 11.3 Å². The first-order valence-electron chi connectivity index (χ1n) is 8.30. The number of carbonyl (C=O) groups excluding carboxylic acids is 1. The summed E-state index contributed by atoms with van der Waals surface area (Å²) in [7, 11) is 5.64. The van der Waals surface area contributed by atoms with Gasteiger partial charge < -0.3 is 14.5 Å². The number of hydrogen-bond donors (Lipinski definition) is 0. The number of benzene rings is 1. The Morgan fingerprint density at radius 3 is 2.80 bits per heavy atom. The second-order valence-corrected chi connectivity index (χ2v) is 7.47. The van der Waals surface area contributed by atoms with E-state index in [0.29, 0.717) is 13.1 Å². The minimum Gasteiger partial charge on any atom is -0.497 e. The Balaban J connectivity index is 1.55. The van der Waals surface area contributed by atoms with E-state index in [4.69, 9.17) is 4.74 Å². The van der Waals surface area contributed by atoms with Gasteiger partial charge in [-0.05, 0) is 17.7 Å². The Bertz CT molecular complexity index is 731. The lowest BCUT2D eigenvalue weighted by Gasteiger charge is -2.34. The van der Waals surface area contributed by atoms with E-state index in [-0.39, 0.29) is 5.91 Å². The van der Waals surface area contributed by atoms with Crippen molar-refractivity contribution < 1.29 is 9.53 Å². The van der Waals surface area contributed by atoms with Crippen LogP contribution in [0.15, 0.2) is 30.5 Å². The number of carbonyl (C=O) groups is 1. The monoisotopic (exact) mass is 360 g/mol. The highest BCUT2D eigenvalue weighted by Gasteiger charge is 2.24. The Morgan fingerprint density at radius 1 is 1.28 bits per heavy atom. The maximum Gasteiger partial charge on any atom is 0.237 e. The molecule has 7 heteroatoms. The molecule has 3 rings (SSSR count). The molecule has 1 aromatic carbocycles. The van der Waals surface area contributed by atoms with Crippen molar-refractivity contribution in [1.29, 1.82) is 0 Å². The lowest BCUT2D eigenvalue weighted by Crippen LogP contribution is -2.49. The second-order valence-electron chi connectivity index (χ2n) is 6.38. The van der Waals surface area contributed by atoms with Crippen LogP contribution in [0.2, 0.25) is 0 Å². The molecule has 1 aliphatic heterocycles. The zero-order valence-electron chi connectivity index (χ0n) is 14.9. The number of rotatable bonds is 6. The van der Waals surface area contributed by atoms with Gasteiger partial charge >= 0.3 is 0 Å². The van der Waals surface area contributed by atoms with Crippen LogP contribution in [0.5, 0.6) is 5.75 Å². The van der Waals surface area contributed by atoms with Gasteiger partial charge in [-0.15, -0.1) is 11.3 Å². The number of ether oxygens (including phenoxy) is 1. The Labute approximate surface area is 152 Å². The molecule has 1 amide bonds. The summed E-state index contributed by atoms with van der Waals surface area (Å²) >= 11 is 1.68. The predicted molar refractivity (Wildman–Crippen MR) is 100 cm³/mol. The average Bonchev–Trinajstić information content (AvgIpc) is 3.06. The molecule has 0 unspecified atom stereocenters. The van der Waals surface area contributed by atoms with Crippen LogP contribution < -0.4 is 9.64 Å². The summed E-state index contributed by atoms with van der Waals surface area (Å²) in [6.07, 6.45) is 1.91. The molecule has 1 aliphatic rings. The lowest BCUT2D eigenvalue weighted by atomic mass is 10.2. The normalized spacial score (nSPS) is 15.5. The number of piperazine rings is 1. The fourth-order valence-corrected chi connectivity index (χ4v) is 3.72. The Kier molecular flexibility index (Phi) is 5.55. The number of hydrogen-bond acceptors (Lipinski definition) is 6. The molecule has 2 aromatic rings. The van der Waals surface area contributed by atoms with E-state index < -0.39 is 0 Å². The molecule has 0 atom stereocenters. The SMILES string of the molecule is COc1cccc(CN2CCN(Cc3cnc(N(C)C)s3)CC2=O)c1. The highest BCUT2D eigenvalue weighted by atomic mass is 32.1. The van der Waals surface area contributed by atoms with E-state index in [9.17, 15) is 4.79 Å². The van der Waals surface area contributed by atoms with Crippen molar-refractivity contribution in [3.63, 3.8) is 0 Å². The topological polar surface area (TPSA) is 48.9 Å². The highest BCUT2D eigenvalue weighted by Crippen LogP contribution is 2.22. The van der Waals surface area contributed by atoms with Crippen LogP contribution in [0, 0.1) is 0 Å². The molecule has 1 aromatic heterocycles. The van der Waals surface area contributed by atoms with Crippen molar-refractivity contribution in [2.24, 2.45) is 0 Å². The molecule has 25 heavy (non-hydrogen) atoms. The van der Waals surface area contributed by atoms with Crippen molar-refractivity contribution in [3.05, 3.63) is 40.9 Å². The van der Waals surface area contributed by atoms with Crippen molar-refractivity contribution >= 4 is 22.4 Å². The summed E-state index contributed by atoms with van der Waals surface area (Å²) in [5.41, 5.74) is 1.10. The largest absolute Gasteiger partial charge is 0.497 e. The third kappa shape index (κ3) is 4.49. The Hall–Kier alpha value is -2.12. The van der Waals surface area contributed by atoms with E-state index in [1.165, 1.54) is 4.88 Å². The number of anilines is 1. The molecular formula is C18H24N4O2S. The van der Waals surface area contributed by atoms with Crippen LogP contribution in [-0.4, -0.2) is 61.5 Å². The van der Waals surface area contributed by atoms with E-state index in [1.54, 1.807) is 18.4 Å². The highest BCUT2D eigenvalue weighted by molar-refractivity contribution is 7.15. The summed E-state index contributed by atoms with van der Waals surface area (Å²) in [5.74, 6) is 0.997. The smallest absolute Gasteiger partial charge is 0.237 e. The van der Waals surface area contributed by atoms with Gasteiger partial charge in [0, 0.05) is 51.3 Å². The molecule has 0 N–H and O–H groups in total. The molecule has 0 saturated carbocycles. The zero-order valence-corrected chi connectivity index (χ0v) is 15.8. The first-order chi connectivity index (χ1) is 12.0.